The number of rotatable bonds is 6. The van der Waals surface area contributed by atoms with Gasteiger partial charge in [0, 0.05) is 33.0 Å². The van der Waals surface area contributed by atoms with E-state index < -0.39 is 0 Å². The van der Waals surface area contributed by atoms with Crippen molar-refractivity contribution in [2.24, 2.45) is 0 Å². The lowest BCUT2D eigenvalue weighted by Gasteiger charge is -2.15. The molecule has 0 saturated heterocycles. The van der Waals surface area contributed by atoms with Gasteiger partial charge < -0.3 is 4.42 Å². The normalized spacial score (nSPS) is 11.4. The third-order valence-corrected chi connectivity index (χ3v) is 9.94. The maximum atomic E-state index is 6.78. The SMILES string of the molecule is c1ccc(-c2nc(-c3cccc(-c4ccccc4-c4ccccc4)c3)nc(-c3c4ccccc4c(-c4ccccc4)c4oc5ccccc5c34)n2)cc1. The maximum absolute atomic E-state index is 6.78. The van der Waals surface area contributed by atoms with E-state index in [0.29, 0.717) is 17.5 Å². The smallest absolute Gasteiger partial charge is 0.165 e. The molecule has 4 heteroatoms. The molecule has 0 aliphatic carbocycles. The van der Waals surface area contributed by atoms with Crippen LogP contribution in [-0.2, 0) is 0 Å². The molecule has 4 nitrogen and oxygen atoms in total. The van der Waals surface area contributed by atoms with Crippen LogP contribution in [-0.4, -0.2) is 15.0 Å². The summed E-state index contributed by atoms with van der Waals surface area (Å²) in [6, 6.07) is 64.9. The average Bonchev–Trinajstić information content (AvgIpc) is 3.62. The molecule has 2 heterocycles. The quantitative estimate of drug-likeness (QED) is 0.176. The van der Waals surface area contributed by atoms with Gasteiger partial charge in [-0.2, -0.15) is 0 Å². The molecule has 10 rings (SSSR count). The molecule has 0 atom stereocenters. The molecule has 8 aromatic carbocycles. The van der Waals surface area contributed by atoms with Gasteiger partial charge in [0.1, 0.15) is 11.2 Å². The van der Waals surface area contributed by atoms with Crippen molar-refractivity contribution in [2.45, 2.75) is 0 Å². The van der Waals surface area contributed by atoms with Crippen LogP contribution >= 0.6 is 0 Å². The van der Waals surface area contributed by atoms with Gasteiger partial charge in [0.05, 0.1) is 0 Å². The molecule has 0 saturated carbocycles. The third-order valence-electron chi connectivity index (χ3n) is 9.94. The van der Waals surface area contributed by atoms with Gasteiger partial charge in [-0.05, 0) is 50.7 Å². The lowest BCUT2D eigenvalue weighted by Crippen LogP contribution is -2.01. The van der Waals surface area contributed by atoms with Crippen molar-refractivity contribution in [3.63, 3.8) is 0 Å². The lowest BCUT2D eigenvalue weighted by atomic mass is 9.90. The second kappa shape index (κ2) is 12.9. The van der Waals surface area contributed by atoms with Crippen molar-refractivity contribution in [2.75, 3.05) is 0 Å². The predicted octanol–water partition coefficient (Wildman–Crippen LogP) is 12.9. The van der Waals surface area contributed by atoms with E-state index in [1.165, 1.54) is 11.1 Å². The summed E-state index contributed by atoms with van der Waals surface area (Å²) < 4.78 is 6.78. The minimum atomic E-state index is 0.594. The van der Waals surface area contributed by atoms with E-state index in [1.54, 1.807) is 0 Å². The van der Waals surface area contributed by atoms with Crippen LogP contribution in [0.4, 0.5) is 0 Å². The number of nitrogens with zero attached hydrogens (tertiary/aromatic N) is 3. The molecule has 0 fully saturated rings. The molecule has 0 aliphatic heterocycles. The number of hydrogen-bond acceptors (Lipinski definition) is 4. The molecule has 53 heavy (non-hydrogen) atoms. The Bertz CT molecular complexity index is 2940. The minimum absolute atomic E-state index is 0.594. The van der Waals surface area contributed by atoms with Crippen LogP contribution in [0.5, 0.6) is 0 Å². The Morgan fingerprint density at radius 1 is 0.321 bits per heavy atom. The van der Waals surface area contributed by atoms with E-state index >= 15 is 0 Å². The summed E-state index contributed by atoms with van der Waals surface area (Å²) in [5.74, 6) is 1.80. The van der Waals surface area contributed by atoms with Crippen LogP contribution in [0, 0.1) is 0 Å². The van der Waals surface area contributed by atoms with Gasteiger partial charge in [-0.3, -0.25) is 0 Å². The molecular weight excluding hydrogens is 647 g/mol. The first-order valence-electron chi connectivity index (χ1n) is 17.8. The standard InChI is InChI=1S/C49H31N3O/c1-4-17-32(18-5-1)37-25-10-11-26-38(37)35-23-16-24-36(31-35)48-50-47(34-21-8-3-9-22-34)51-49(52-48)45-40-28-13-12-27-39(40)43(33-19-6-2-7-20-33)46-44(45)41-29-14-15-30-42(41)53-46/h1-31H. The molecule has 0 bridgehead atoms. The minimum Gasteiger partial charge on any atom is -0.455 e. The van der Waals surface area contributed by atoms with Gasteiger partial charge in [-0.1, -0.05) is 176 Å². The summed E-state index contributed by atoms with van der Waals surface area (Å²) in [4.78, 5) is 15.7. The summed E-state index contributed by atoms with van der Waals surface area (Å²) in [6.07, 6.45) is 0. The average molecular weight is 678 g/mol. The van der Waals surface area contributed by atoms with E-state index in [1.807, 2.05) is 42.5 Å². The Morgan fingerprint density at radius 2 is 0.792 bits per heavy atom. The zero-order chi connectivity index (χ0) is 35.1. The number of hydrogen-bond donors (Lipinski definition) is 0. The molecule has 248 valence electrons. The van der Waals surface area contributed by atoms with Gasteiger partial charge in [0.2, 0.25) is 0 Å². The van der Waals surface area contributed by atoms with Crippen LogP contribution in [0.15, 0.2) is 192 Å². The second-order valence-electron chi connectivity index (χ2n) is 13.1. The maximum Gasteiger partial charge on any atom is 0.165 e. The van der Waals surface area contributed by atoms with Crippen molar-refractivity contribution < 1.29 is 4.42 Å². The topological polar surface area (TPSA) is 51.8 Å². The Morgan fingerprint density at radius 3 is 1.49 bits per heavy atom. The Hall–Kier alpha value is -7.17. The molecule has 0 spiro atoms. The highest BCUT2D eigenvalue weighted by molar-refractivity contribution is 6.26. The van der Waals surface area contributed by atoms with Gasteiger partial charge in [0.15, 0.2) is 17.5 Å². The predicted molar refractivity (Wildman–Crippen MR) is 217 cm³/mol. The number of fused-ring (bicyclic) bond motifs is 4. The third kappa shape index (κ3) is 5.36. The summed E-state index contributed by atoms with van der Waals surface area (Å²) in [7, 11) is 0. The number of furan rings is 1. The summed E-state index contributed by atoms with van der Waals surface area (Å²) in [5.41, 5.74) is 11.1. The number of aromatic nitrogens is 3. The van der Waals surface area contributed by atoms with Crippen molar-refractivity contribution in [3.8, 4) is 67.5 Å². The molecule has 0 N–H and O–H groups in total. The molecule has 0 aliphatic rings. The highest BCUT2D eigenvalue weighted by atomic mass is 16.3. The van der Waals surface area contributed by atoms with Crippen LogP contribution in [0.3, 0.4) is 0 Å². The highest BCUT2D eigenvalue weighted by Gasteiger charge is 2.25. The van der Waals surface area contributed by atoms with Gasteiger partial charge in [0.25, 0.3) is 0 Å². The van der Waals surface area contributed by atoms with Crippen molar-refractivity contribution >= 4 is 32.7 Å². The summed E-state index contributed by atoms with van der Waals surface area (Å²) in [5, 5.41) is 4.12. The van der Waals surface area contributed by atoms with E-state index in [4.69, 9.17) is 19.4 Å². The molecule has 10 aromatic rings. The molecular formula is C49H31N3O. The van der Waals surface area contributed by atoms with Crippen LogP contribution in [0.1, 0.15) is 0 Å². The fraction of sp³-hybridized carbons (Fsp3) is 0. The first kappa shape index (κ1) is 30.6. The Labute approximate surface area is 306 Å². The van der Waals surface area contributed by atoms with E-state index in [9.17, 15) is 0 Å². The first-order valence-corrected chi connectivity index (χ1v) is 17.8. The van der Waals surface area contributed by atoms with Crippen molar-refractivity contribution in [1.29, 1.82) is 0 Å². The Kier molecular flexibility index (Phi) is 7.43. The van der Waals surface area contributed by atoms with E-state index in [0.717, 1.165) is 71.7 Å². The van der Waals surface area contributed by atoms with Crippen LogP contribution < -0.4 is 0 Å². The first-order chi connectivity index (χ1) is 26.3. The number of benzene rings is 8. The molecule has 0 unspecified atom stereocenters. The van der Waals surface area contributed by atoms with Crippen LogP contribution in [0.25, 0.3) is 100 Å². The van der Waals surface area contributed by atoms with Gasteiger partial charge >= 0.3 is 0 Å². The molecule has 0 amide bonds. The zero-order valence-electron chi connectivity index (χ0n) is 28.6. The van der Waals surface area contributed by atoms with Gasteiger partial charge in [-0.15, -0.1) is 0 Å². The fourth-order valence-electron chi connectivity index (χ4n) is 7.53. The molecule has 2 aromatic heterocycles. The fourth-order valence-corrected chi connectivity index (χ4v) is 7.53. The van der Waals surface area contributed by atoms with E-state index in [2.05, 4.69) is 146 Å². The summed E-state index contributed by atoms with van der Waals surface area (Å²) >= 11 is 0. The second-order valence-corrected chi connectivity index (χ2v) is 13.1. The molecule has 0 radical (unpaired) electrons. The highest BCUT2D eigenvalue weighted by Crippen LogP contribution is 2.47. The van der Waals surface area contributed by atoms with Crippen LogP contribution in [0.2, 0.25) is 0 Å². The largest absolute Gasteiger partial charge is 0.455 e. The lowest BCUT2D eigenvalue weighted by molar-refractivity contribution is 0.670. The van der Waals surface area contributed by atoms with Crippen molar-refractivity contribution in [3.05, 3.63) is 188 Å². The van der Waals surface area contributed by atoms with Gasteiger partial charge in [-0.25, -0.2) is 15.0 Å². The van der Waals surface area contributed by atoms with E-state index in [-0.39, 0.29) is 0 Å². The number of para-hydroxylation sites is 1. The summed E-state index contributed by atoms with van der Waals surface area (Å²) in [6.45, 7) is 0. The monoisotopic (exact) mass is 677 g/mol. The zero-order valence-corrected chi connectivity index (χ0v) is 28.6. The van der Waals surface area contributed by atoms with Crippen molar-refractivity contribution in [1.82, 2.24) is 15.0 Å². The Balaban J connectivity index is 1.26.